The zero-order valence-electron chi connectivity index (χ0n) is 12.1. The van der Waals surface area contributed by atoms with Crippen LogP contribution in [-0.4, -0.2) is 45.0 Å². The fourth-order valence-corrected chi connectivity index (χ4v) is 2.13. The van der Waals surface area contributed by atoms with Gasteiger partial charge in [0.1, 0.15) is 13.1 Å². The van der Waals surface area contributed by atoms with Crippen molar-refractivity contribution >= 4 is 18.2 Å². The van der Waals surface area contributed by atoms with E-state index in [2.05, 4.69) is 10.5 Å². The third-order valence-corrected chi connectivity index (χ3v) is 3.34. The molecular weight excluding hydrogens is 266 g/mol. The molecule has 1 fully saturated rings. The molecular formula is C16H22N3O2+. The minimum absolute atomic E-state index is 0.0432. The molecule has 0 spiro atoms. The van der Waals surface area contributed by atoms with E-state index in [4.69, 9.17) is 4.74 Å². The summed E-state index contributed by atoms with van der Waals surface area (Å²) in [4.78, 5) is 13.0. The summed E-state index contributed by atoms with van der Waals surface area (Å²) in [6, 6.07) is 9.95. The van der Waals surface area contributed by atoms with E-state index in [9.17, 15) is 4.79 Å². The molecule has 1 amide bonds. The van der Waals surface area contributed by atoms with Crippen LogP contribution in [0.2, 0.25) is 0 Å². The van der Waals surface area contributed by atoms with Crippen LogP contribution >= 0.6 is 0 Å². The molecule has 1 aromatic carbocycles. The average Bonchev–Trinajstić information content (AvgIpc) is 2.54. The van der Waals surface area contributed by atoms with Gasteiger partial charge in [-0.15, -0.1) is 0 Å². The van der Waals surface area contributed by atoms with Gasteiger partial charge in [-0.3, -0.25) is 4.79 Å². The summed E-state index contributed by atoms with van der Waals surface area (Å²) in [5.41, 5.74) is 3.65. The van der Waals surface area contributed by atoms with E-state index < -0.39 is 0 Å². The standard InChI is InChI=1S/C16H21N3O2/c20-16(8-10-19-11-13-21-14-12-19)18-17-9-4-7-15-5-2-1-3-6-15/h1-7,9H,8,10-14H2,(H,18,20)/p+1/b7-4+,17-9-. The zero-order valence-corrected chi connectivity index (χ0v) is 12.1. The highest BCUT2D eigenvalue weighted by molar-refractivity contribution is 5.81. The lowest BCUT2D eigenvalue weighted by Gasteiger charge is -2.23. The van der Waals surface area contributed by atoms with Crippen LogP contribution in [0.3, 0.4) is 0 Å². The van der Waals surface area contributed by atoms with E-state index in [1.165, 1.54) is 4.90 Å². The average molecular weight is 288 g/mol. The number of ether oxygens (including phenoxy) is 1. The summed E-state index contributed by atoms with van der Waals surface area (Å²) in [6.07, 6.45) is 5.83. The van der Waals surface area contributed by atoms with E-state index in [1.54, 1.807) is 6.21 Å². The Hall–Kier alpha value is -1.98. The lowest BCUT2D eigenvalue weighted by Crippen LogP contribution is -3.14. The molecule has 1 aromatic rings. The summed E-state index contributed by atoms with van der Waals surface area (Å²) in [5.74, 6) is -0.0432. The second-order valence-electron chi connectivity index (χ2n) is 4.95. The number of carbonyl (C=O) groups is 1. The molecule has 5 nitrogen and oxygen atoms in total. The molecule has 0 unspecified atom stereocenters. The second-order valence-corrected chi connectivity index (χ2v) is 4.95. The van der Waals surface area contributed by atoms with Crippen LogP contribution in [0.1, 0.15) is 12.0 Å². The largest absolute Gasteiger partial charge is 0.370 e. The van der Waals surface area contributed by atoms with Crippen molar-refractivity contribution in [2.75, 3.05) is 32.8 Å². The summed E-state index contributed by atoms with van der Waals surface area (Å²) in [7, 11) is 0. The van der Waals surface area contributed by atoms with Crippen molar-refractivity contribution in [1.82, 2.24) is 5.43 Å². The molecule has 0 radical (unpaired) electrons. The Morgan fingerprint density at radius 2 is 2.05 bits per heavy atom. The van der Waals surface area contributed by atoms with Crippen LogP contribution in [0.5, 0.6) is 0 Å². The van der Waals surface area contributed by atoms with Gasteiger partial charge in [-0.1, -0.05) is 36.4 Å². The first-order valence-corrected chi connectivity index (χ1v) is 7.29. The number of benzene rings is 1. The lowest BCUT2D eigenvalue weighted by atomic mass is 10.2. The second kappa shape index (κ2) is 9.05. The van der Waals surface area contributed by atoms with Crippen LogP contribution in [0, 0.1) is 0 Å². The number of allylic oxidation sites excluding steroid dienone is 1. The van der Waals surface area contributed by atoms with Gasteiger partial charge in [0.15, 0.2) is 0 Å². The molecule has 2 N–H and O–H groups in total. The Morgan fingerprint density at radius 3 is 2.81 bits per heavy atom. The highest BCUT2D eigenvalue weighted by atomic mass is 16.5. The van der Waals surface area contributed by atoms with E-state index >= 15 is 0 Å². The van der Waals surface area contributed by atoms with Gasteiger partial charge in [0, 0.05) is 6.21 Å². The number of amides is 1. The lowest BCUT2D eigenvalue weighted by molar-refractivity contribution is -0.907. The number of morpholine rings is 1. The molecule has 0 saturated carbocycles. The highest BCUT2D eigenvalue weighted by Gasteiger charge is 2.14. The predicted molar refractivity (Wildman–Crippen MR) is 83.1 cm³/mol. The molecule has 112 valence electrons. The van der Waals surface area contributed by atoms with Crippen LogP contribution in [0.4, 0.5) is 0 Å². The van der Waals surface area contributed by atoms with Gasteiger partial charge >= 0.3 is 0 Å². The number of hydrogen-bond acceptors (Lipinski definition) is 3. The molecule has 5 heteroatoms. The first-order valence-electron chi connectivity index (χ1n) is 7.29. The highest BCUT2D eigenvalue weighted by Crippen LogP contribution is 1.99. The van der Waals surface area contributed by atoms with Crippen LogP contribution < -0.4 is 10.3 Å². The topological polar surface area (TPSA) is 55.1 Å². The molecule has 2 rings (SSSR count). The third kappa shape index (κ3) is 6.33. The van der Waals surface area contributed by atoms with Crippen LogP contribution in [0.15, 0.2) is 41.5 Å². The minimum atomic E-state index is -0.0432. The van der Waals surface area contributed by atoms with Gasteiger partial charge in [-0.05, 0) is 11.6 Å². The van der Waals surface area contributed by atoms with E-state index in [1.807, 2.05) is 42.5 Å². The number of rotatable bonds is 6. The first-order chi connectivity index (χ1) is 10.3. The summed E-state index contributed by atoms with van der Waals surface area (Å²) in [5, 5.41) is 3.90. The Morgan fingerprint density at radius 1 is 1.29 bits per heavy atom. The SMILES string of the molecule is O=C(CC[NH+]1CCOCC1)N/N=C\C=C\c1ccccc1. The fourth-order valence-electron chi connectivity index (χ4n) is 2.13. The quantitative estimate of drug-likeness (QED) is 0.576. The number of hydrazone groups is 1. The number of hydrogen-bond donors (Lipinski definition) is 2. The zero-order chi connectivity index (χ0) is 14.8. The van der Waals surface area contributed by atoms with E-state index in [0.717, 1.165) is 38.4 Å². The van der Waals surface area contributed by atoms with Gasteiger partial charge < -0.3 is 9.64 Å². The third-order valence-electron chi connectivity index (χ3n) is 3.34. The summed E-state index contributed by atoms with van der Waals surface area (Å²) in [6.45, 7) is 4.38. The van der Waals surface area contributed by atoms with Gasteiger partial charge in [0.25, 0.3) is 0 Å². The molecule has 0 bridgehead atoms. The molecule has 1 heterocycles. The maximum Gasteiger partial charge on any atom is 0.245 e. The maximum absolute atomic E-state index is 11.6. The van der Waals surface area contributed by atoms with Crippen LogP contribution in [-0.2, 0) is 9.53 Å². The number of quaternary nitrogens is 1. The monoisotopic (exact) mass is 288 g/mol. The summed E-state index contributed by atoms with van der Waals surface area (Å²) < 4.78 is 5.28. The minimum Gasteiger partial charge on any atom is -0.370 e. The van der Waals surface area contributed by atoms with Crippen molar-refractivity contribution in [3.05, 3.63) is 42.0 Å². The molecule has 0 aliphatic carbocycles. The first kappa shape index (κ1) is 15.4. The van der Waals surface area contributed by atoms with E-state index in [0.29, 0.717) is 6.42 Å². The van der Waals surface area contributed by atoms with Crippen molar-refractivity contribution in [3.8, 4) is 0 Å². The van der Waals surface area contributed by atoms with Gasteiger partial charge in [0.2, 0.25) is 5.91 Å². The van der Waals surface area contributed by atoms with Gasteiger partial charge in [0.05, 0.1) is 26.2 Å². The number of carbonyl (C=O) groups excluding carboxylic acids is 1. The van der Waals surface area contributed by atoms with Crippen LogP contribution in [0.25, 0.3) is 6.08 Å². The molecule has 1 saturated heterocycles. The Balaban J connectivity index is 1.62. The Kier molecular flexibility index (Phi) is 6.64. The van der Waals surface area contributed by atoms with Crippen molar-refractivity contribution in [2.24, 2.45) is 5.10 Å². The van der Waals surface area contributed by atoms with Crippen molar-refractivity contribution in [1.29, 1.82) is 0 Å². The number of nitrogens with one attached hydrogen (secondary N) is 2. The predicted octanol–water partition coefficient (Wildman–Crippen LogP) is 0.107. The van der Waals surface area contributed by atoms with Crippen molar-refractivity contribution in [3.63, 3.8) is 0 Å². The summed E-state index contributed by atoms with van der Waals surface area (Å²) >= 11 is 0. The normalized spacial score (nSPS) is 16.6. The molecule has 0 atom stereocenters. The van der Waals surface area contributed by atoms with Gasteiger partial charge in [-0.25, -0.2) is 5.43 Å². The molecule has 1 aliphatic rings. The van der Waals surface area contributed by atoms with E-state index in [-0.39, 0.29) is 5.91 Å². The Bertz CT molecular complexity index is 480. The molecule has 1 aliphatic heterocycles. The van der Waals surface area contributed by atoms with Crippen molar-refractivity contribution in [2.45, 2.75) is 6.42 Å². The smallest absolute Gasteiger partial charge is 0.245 e. The molecule has 21 heavy (non-hydrogen) atoms. The van der Waals surface area contributed by atoms with Crippen molar-refractivity contribution < 1.29 is 14.4 Å². The maximum atomic E-state index is 11.6. The van der Waals surface area contributed by atoms with Gasteiger partial charge in [-0.2, -0.15) is 5.10 Å². The number of nitrogens with zero attached hydrogens (tertiary/aromatic N) is 1. The molecule has 0 aromatic heterocycles. The fraction of sp³-hybridized carbons (Fsp3) is 0.375. The Labute approximate surface area is 125 Å².